The molecule has 2 fully saturated rings. The van der Waals surface area contributed by atoms with Crippen LogP contribution in [-0.4, -0.2) is 45.8 Å². The lowest BCUT2D eigenvalue weighted by molar-refractivity contribution is -0.148. The molecule has 4 atom stereocenters. The first kappa shape index (κ1) is 18.2. The molecular weight excluding hydrogens is 335 g/mol. The SMILES string of the molecule is CC(C)(Cc1ccc(C(F)(F)F)cc1)C(=O)N1C[C@@H]2C[C@H]1[C@@H](O)[C@H]2O. The number of amides is 1. The second-order valence-electron chi connectivity index (χ2n) is 7.76. The van der Waals surface area contributed by atoms with Crippen LogP contribution in [0, 0.1) is 11.3 Å². The zero-order valence-corrected chi connectivity index (χ0v) is 14.1. The summed E-state index contributed by atoms with van der Waals surface area (Å²) in [6.07, 6.45) is -5.20. The van der Waals surface area contributed by atoms with Gasteiger partial charge in [0, 0.05) is 17.9 Å². The fourth-order valence-corrected chi connectivity index (χ4v) is 4.00. The van der Waals surface area contributed by atoms with E-state index in [1.54, 1.807) is 18.7 Å². The highest BCUT2D eigenvalue weighted by atomic mass is 19.4. The standard InChI is InChI=1S/C18H22F3NO3/c1-17(2,8-10-3-5-12(6-4-10)18(19,20)21)16(25)22-9-11-7-13(22)15(24)14(11)23/h3-6,11,13-15,23-24H,7-9H2,1-2H3/t11-,13-,14-,15+/m0/s1. The molecule has 1 amide bonds. The lowest BCUT2D eigenvalue weighted by atomic mass is 9.83. The van der Waals surface area contributed by atoms with Crippen LogP contribution in [0.4, 0.5) is 13.2 Å². The summed E-state index contributed by atoms with van der Waals surface area (Å²) < 4.78 is 37.9. The molecule has 4 nitrogen and oxygen atoms in total. The van der Waals surface area contributed by atoms with Gasteiger partial charge in [0.05, 0.1) is 17.7 Å². The van der Waals surface area contributed by atoms with E-state index in [4.69, 9.17) is 0 Å². The third-order valence-corrected chi connectivity index (χ3v) is 5.37. The van der Waals surface area contributed by atoms with Gasteiger partial charge in [-0.25, -0.2) is 0 Å². The van der Waals surface area contributed by atoms with E-state index in [1.807, 2.05) is 0 Å². The molecule has 25 heavy (non-hydrogen) atoms. The molecule has 2 aliphatic rings. The Morgan fingerprint density at radius 2 is 1.76 bits per heavy atom. The van der Waals surface area contributed by atoms with Gasteiger partial charge < -0.3 is 15.1 Å². The molecule has 0 spiro atoms. The number of halogens is 3. The first-order chi connectivity index (χ1) is 11.5. The Hall–Kier alpha value is -1.60. The summed E-state index contributed by atoms with van der Waals surface area (Å²) in [5.41, 5.74) is -0.875. The smallest absolute Gasteiger partial charge is 0.390 e. The van der Waals surface area contributed by atoms with Crippen molar-refractivity contribution in [2.24, 2.45) is 11.3 Å². The van der Waals surface area contributed by atoms with E-state index in [0.29, 0.717) is 24.9 Å². The van der Waals surface area contributed by atoms with Crippen molar-refractivity contribution < 1.29 is 28.2 Å². The van der Waals surface area contributed by atoms with Crippen LogP contribution in [0.2, 0.25) is 0 Å². The molecule has 1 saturated carbocycles. The first-order valence-corrected chi connectivity index (χ1v) is 8.34. The minimum Gasteiger partial charge on any atom is -0.390 e. The largest absolute Gasteiger partial charge is 0.416 e. The van der Waals surface area contributed by atoms with Crippen LogP contribution in [0.25, 0.3) is 0 Å². The monoisotopic (exact) mass is 357 g/mol. The predicted octanol–water partition coefficient (Wildman–Crippen LogP) is 2.23. The zero-order valence-electron chi connectivity index (χ0n) is 14.1. The van der Waals surface area contributed by atoms with Crippen LogP contribution >= 0.6 is 0 Å². The molecule has 0 radical (unpaired) electrons. The van der Waals surface area contributed by atoms with Crippen molar-refractivity contribution >= 4 is 5.91 Å². The van der Waals surface area contributed by atoms with Crippen LogP contribution in [0.3, 0.4) is 0 Å². The van der Waals surface area contributed by atoms with Gasteiger partial charge in [-0.15, -0.1) is 0 Å². The van der Waals surface area contributed by atoms with Crippen molar-refractivity contribution in [1.82, 2.24) is 4.90 Å². The number of carbonyl (C=O) groups excluding carboxylic acids is 1. The Balaban J connectivity index is 1.71. The first-order valence-electron chi connectivity index (χ1n) is 8.34. The lowest BCUT2D eigenvalue weighted by Gasteiger charge is -2.38. The Morgan fingerprint density at radius 3 is 2.24 bits per heavy atom. The molecule has 2 N–H and O–H groups in total. The van der Waals surface area contributed by atoms with Crippen LogP contribution in [-0.2, 0) is 17.4 Å². The molecule has 1 aromatic rings. The van der Waals surface area contributed by atoms with E-state index in [0.717, 1.165) is 12.1 Å². The van der Waals surface area contributed by atoms with Gasteiger partial charge in [-0.05, 0) is 30.5 Å². The summed E-state index contributed by atoms with van der Waals surface area (Å²) in [6.45, 7) is 3.92. The van der Waals surface area contributed by atoms with Crippen LogP contribution in [0.5, 0.6) is 0 Å². The summed E-state index contributed by atoms with van der Waals surface area (Å²) >= 11 is 0. The third-order valence-electron chi connectivity index (χ3n) is 5.37. The highest BCUT2D eigenvalue weighted by Gasteiger charge is 2.53. The summed E-state index contributed by atoms with van der Waals surface area (Å²) in [5, 5.41) is 19.9. The van der Waals surface area contributed by atoms with E-state index in [1.165, 1.54) is 12.1 Å². The predicted molar refractivity (Wildman–Crippen MR) is 84.6 cm³/mol. The zero-order chi connectivity index (χ0) is 18.6. The summed E-state index contributed by atoms with van der Waals surface area (Å²) in [4.78, 5) is 14.5. The van der Waals surface area contributed by atoms with E-state index >= 15 is 0 Å². The normalized spacial score (nSPS) is 29.3. The van der Waals surface area contributed by atoms with Gasteiger partial charge in [-0.3, -0.25) is 4.79 Å². The fraction of sp³-hybridized carbons (Fsp3) is 0.611. The number of fused-ring (bicyclic) bond motifs is 2. The molecular formula is C18H22F3NO3. The third kappa shape index (κ3) is 3.27. The van der Waals surface area contributed by atoms with Crippen molar-refractivity contribution in [3.05, 3.63) is 35.4 Å². The summed E-state index contributed by atoms with van der Waals surface area (Å²) in [6, 6.07) is 4.46. The molecule has 1 aliphatic heterocycles. The number of piperidine rings is 1. The number of hydrogen-bond donors (Lipinski definition) is 2. The Labute approximate surface area is 144 Å². The molecule has 138 valence electrons. The highest BCUT2D eigenvalue weighted by Crippen LogP contribution is 2.40. The average molecular weight is 357 g/mol. The van der Waals surface area contributed by atoms with Gasteiger partial charge in [-0.2, -0.15) is 13.2 Å². The van der Waals surface area contributed by atoms with Crippen LogP contribution < -0.4 is 0 Å². The van der Waals surface area contributed by atoms with Crippen LogP contribution in [0.15, 0.2) is 24.3 Å². The molecule has 1 heterocycles. The number of rotatable bonds is 3. The van der Waals surface area contributed by atoms with E-state index in [9.17, 15) is 28.2 Å². The van der Waals surface area contributed by atoms with Gasteiger partial charge in [0.1, 0.15) is 6.10 Å². The Kier molecular flexibility index (Phi) is 4.36. The molecule has 0 aromatic heterocycles. The van der Waals surface area contributed by atoms with Gasteiger partial charge in [-0.1, -0.05) is 26.0 Å². The molecule has 7 heteroatoms. The quantitative estimate of drug-likeness (QED) is 0.872. The summed E-state index contributed by atoms with van der Waals surface area (Å²) in [7, 11) is 0. The number of aliphatic hydroxyl groups excluding tert-OH is 2. The molecule has 0 unspecified atom stereocenters. The molecule has 3 rings (SSSR count). The second kappa shape index (κ2) is 5.99. The Morgan fingerprint density at radius 1 is 1.16 bits per heavy atom. The van der Waals surface area contributed by atoms with E-state index in [2.05, 4.69) is 0 Å². The fourth-order valence-electron chi connectivity index (χ4n) is 4.00. The number of benzene rings is 1. The Bertz CT molecular complexity index is 655. The average Bonchev–Trinajstić information content (AvgIpc) is 3.06. The number of carbonyl (C=O) groups is 1. The van der Waals surface area contributed by atoms with Crippen molar-refractivity contribution in [1.29, 1.82) is 0 Å². The lowest BCUT2D eigenvalue weighted by Crippen LogP contribution is -2.54. The van der Waals surface area contributed by atoms with Crippen molar-refractivity contribution in [2.75, 3.05) is 6.54 Å². The van der Waals surface area contributed by atoms with Gasteiger partial charge in [0.2, 0.25) is 5.91 Å². The number of alkyl halides is 3. The van der Waals surface area contributed by atoms with E-state index < -0.39 is 29.4 Å². The van der Waals surface area contributed by atoms with Crippen molar-refractivity contribution in [3.8, 4) is 0 Å². The minimum absolute atomic E-state index is 0.106. The summed E-state index contributed by atoms with van der Waals surface area (Å²) in [5.74, 6) is -0.253. The number of aliphatic hydroxyl groups is 2. The number of nitrogens with zero attached hydrogens (tertiary/aromatic N) is 1. The number of likely N-dealkylation sites (tertiary alicyclic amines) is 1. The maximum atomic E-state index is 12.9. The van der Waals surface area contributed by atoms with Crippen molar-refractivity contribution in [3.63, 3.8) is 0 Å². The molecule has 2 bridgehead atoms. The van der Waals surface area contributed by atoms with Gasteiger partial charge in [0.15, 0.2) is 0 Å². The maximum Gasteiger partial charge on any atom is 0.416 e. The van der Waals surface area contributed by atoms with Gasteiger partial charge >= 0.3 is 6.18 Å². The molecule has 1 aromatic carbocycles. The molecule has 1 aliphatic carbocycles. The number of hydrogen-bond acceptors (Lipinski definition) is 3. The molecule has 1 saturated heterocycles. The van der Waals surface area contributed by atoms with Gasteiger partial charge in [0.25, 0.3) is 0 Å². The van der Waals surface area contributed by atoms with Crippen LogP contribution in [0.1, 0.15) is 31.4 Å². The van der Waals surface area contributed by atoms with Crippen molar-refractivity contribution in [2.45, 2.75) is 51.1 Å². The second-order valence-corrected chi connectivity index (χ2v) is 7.76. The van der Waals surface area contributed by atoms with E-state index in [-0.39, 0.29) is 17.9 Å². The maximum absolute atomic E-state index is 12.9. The highest BCUT2D eigenvalue weighted by molar-refractivity contribution is 5.83. The topological polar surface area (TPSA) is 60.8 Å². The minimum atomic E-state index is -4.38.